The van der Waals surface area contributed by atoms with Crippen molar-refractivity contribution in [2.75, 3.05) is 7.11 Å². The summed E-state index contributed by atoms with van der Waals surface area (Å²) in [6.07, 6.45) is 7.51. The van der Waals surface area contributed by atoms with Crippen molar-refractivity contribution in [3.63, 3.8) is 0 Å². The molecule has 0 radical (unpaired) electrons. The molecule has 0 amide bonds. The van der Waals surface area contributed by atoms with Gasteiger partial charge in [0, 0.05) is 0 Å². The molecule has 16 heavy (non-hydrogen) atoms. The first-order chi connectivity index (χ1) is 7.83. The average molecular weight is 220 g/mol. The Bertz CT molecular complexity index is 282. The largest absolute Gasteiger partial charge is 0.496 e. The molecule has 0 spiro atoms. The second kappa shape index (κ2) is 7.32. The van der Waals surface area contributed by atoms with Gasteiger partial charge in [0.15, 0.2) is 0 Å². The summed E-state index contributed by atoms with van der Waals surface area (Å²) >= 11 is 0. The van der Waals surface area contributed by atoms with Gasteiger partial charge in [-0.3, -0.25) is 0 Å². The van der Waals surface area contributed by atoms with Gasteiger partial charge in [0.05, 0.1) is 7.11 Å². The highest BCUT2D eigenvalue weighted by atomic mass is 16.5. The van der Waals surface area contributed by atoms with Crippen LogP contribution in [0.25, 0.3) is 0 Å². The number of methoxy groups -OCH3 is 1. The molecule has 0 unspecified atom stereocenters. The summed E-state index contributed by atoms with van der Waals surface area (Å²) in [5.41, 5.74) is 2.86. The number of ether oxygens (including phenoxy) is 1. The number of aryl methyl sites for hydroxylation is 1. The second-order valence-corrected chi connectivity index (χ2v) is 4.26. The molecule has 0 bridgehead atoms. The monoisotopic (exact) mass is 220 g/mol. The minimum Gasteiger partial charge on any atom is -0.496 e. The molecule has 0 saturated carbocycles. The van der Waals surface area contributed by atoms with E-state index in [1.165, 1.54) is 36.8 Å². The predicted octanol–water partition coefficient (Wildman–Crippen LogP) is 4.38. The summed E-state index contributed by atoms with van der Waals surface area (Å²) in [7, 11) is 1.77. The topological polar surface area (TPSA) is 9.23 Å². The van der Waals surface area contributed by atoms with Crippen LogP contribution >= 0.6 is 0 Å². The highest BCUT2D eigenvalue weighted by molar-refractivity contribution is 5.40. The van der Waals surface area contributed by atoms with Crippen molar-refractivity contribution in [1.29, 1.82) is 0 Å². The lowest BCUT2D eigenvalue weighted by atomic mass is 9.98. The van der Waals surface area contributed by atoms with E-state index in [0.29, 0.717) is 0 Å². The maximum atomic E-state index is 5.44. The Balaban J connectivity index is 2.67. The zero-order valence-electron chi connectivity index (χ0n) is 10.9. The lowest BCUT2D eigenvalue weighted by Crippen LogP contribution is -1.98. The SMILES string of the molecule is CCCCCCc1c(CC)cccc1OC. The molecule has 1 aromatic carbocycles. The first-order valence-corrected chi connectivity index (χ1v) is 6.48. The molecule has 0 saturated heterocycles. The smallest absolute Gasteiger partial charge is 0.122 e. The fourth-order valence-corrected chi connectivity index (χ4v) is 2.15. The van der Waals surface area contributed by atoms with E-state index < -0.39 is 0 Å². The normalized spacial score (nSPS) is 10.4. The van der Waals surface area contributed by atoms with E-state index in [9.17, 15) is 0 Å². The van der Waals surface area contributed by atoms with Crippen LogP contribution in [-0.4, -0.2) is 7.11 Å². The third-order valence-electron chi connectivity index (χ3n) is 3.11. The molecular formula is C15H24O. The van der Waals surface area contributed by atoms with Crippen molar-refractivity contribution in [3.8, 4) is 5.75 Å². The third-order valence-corrected chi connectivity index (χ3v) is 3.11. The minimum absolute atomic E-state index is 1.07. The lowest BCUT2D eigenvalue weighted by molar-refractivity contribution is 0.408. The molecule has 1 nitrogen and oxygen atoms in total. The highest BCUT2D eigenvalue weighted by Crippen LogP contribution is 2.24. The van der Waals surface area contributed by atoms with Gasteiger partial charge < -0.3 is 4.74 Å². The van der Waals surface area contributed by atoms with Gasteiger partial charge in [0.1, 0.15) is 5.75 Å². The van der Waals surface area contributed by atoms with Gasteiger partial charge in [-0.15, -0.1) is 0 Å². The Hall–Kier alpha value is -0.980. The fraction of sp³-hybridized carbons (Fsp3) is 0.600. The van der Waals surface area contributed by atoms with Gasteiger partial charge in [-0.1, -0.05) is 45.2 Å². The van der Waals surface area contributed by atoms with Gasteiger partial charge in [0.2, 0.25) is 0 Å². The molecule has 0 atom stereocenters. The molecule has 0 aliphatic carbocycles. The Morgan fingerprint density at radius 2 is 1.88 bits per heavy atom. The number of hydrogen-bond acceptors (Lipinski definition) is 1. The Morgan fingerprint density at radius 3 is 2.50 bits per heavy atom. The van der Waals surface area contributed by atoms with E-state index in [4.69, 9.17) is 4.74 Å². The molecule has 1 rings (SSSR count). The molecule has 0 heterocycles. The summed E-state index contributed by atoms with van der Waals surface area (Å²) in [5.74, 6) is 1.07. The van der Waals surface area contributed by atoms with E-state index in [0.717, 1.165) is 18.6 Å². The van der Waals surface area contributed by atoms with E-state index in [-0.39, 0.29) is 0 Å². The Labute approximate surface area is 99.8 Å². The van der Waals surface area contributed by atoms with Crippen LogP contribution < -0.4 is 4.74 Å². The van der Waals surface area contributed by atoms with Gasteiger partial charge in [-0.25, -0.2) is 0 Å². The molecule has 1 aromatic rings. The summed E-state index contributed by atoms with van der Waals surface area (Å²) in [6.45, 7) is 4.46. The third kappa shape index (κ3) is 3.55. The van der Waals surface area contributed by atoms with Crippen molar-refractivity contribution < 1.29 is 4.74 Å². The molecular weight excluding hydrogens is 196 g/mol. The molecule has 1 heteroatoms. The highest BCUT2D eigenvalue weighted by Gasteiger charge is 2.06. The number of rotatable bonds is 7. The summed E-state index contributed by atoms with van der Waals surface area (Å²) in [5, 5.41) is 0. The van der Waals surface area contributed by atoms with Crippen LogP contribution in [0.15, 0.2) is 18.2 Å². The summed E-state index contributed by atoms with van der Waals surface area (Å²) < 4.78 is 5.44. The van der Waals surface area contributed by atoms with E-state index >= 15 is 0 Å². The summed E-state index contributed by atoms with van der Waals surface area (Å²) in [4.78, 5) is 0. The molecule has 0 aromatic heterocycles. The standard InChI is InChI=1S/C15H24O/c1-4-6-7-8-11-14-13(5-2)10-9-12-15(14)16-3/h9-10,12H,4-8,11H2,1-3H3. The molecule has 0 fully saturated rings. The number of benzene rings is 1. The second-order valence-electron chi connectivity index (χ2n) is 4.26. The zero-order chi connectivity index (χ0) is 11.8. The Kier molecular flexibility index (Phi) is 5.99. The van der Waals surface area contributed by atoms with Crippen molar-refractivity contribution in [2.45, 2.75) is 52.4 Å². The van der Waals surface area contributed by atoms with Crippen LogP contribution in [0, 0.1) is 0 Å². The van der Waals surface area contributed by atoms with Crippen LogP contribution in [0.2, 0.25) is 0 Å². The average Bonchev–Trinajstić information content (AvgIpc) is 2.34. The van der Waals surface area contributed by atoms with Crippen LogP contribution in [-0.2, 0) is 12.8 Å². The van der Waals surface area contributed by atoms with Crippen molar-refractivity contribution >= 4 is 0 Å². The number of unbranched alkanes of at least 4 members (excludes halogenated alkanes) is 3. The van der Waals surface area contributed by atoms with Crippen LogP contribution in [0.4, 0.5) is 0 Å². The first kappa shape index (κ1) is 13.1. The number of hydrogen-bond donors (Lipinski definition) is 0. The Morgan fingerprint density at radius 1 is 1.06 bits per heavy atom. The predicted molar refractivity (Wildman–Crippen MR) is 70.2 cm³/mol. The minimum atomic E-state index is 1.07. The van der Waals surface area contributed by atoms with Gasteiger partial charge in [0.25, 0.3) is 0 Å². The van der Waals surface area contributed by atoms with E-state index in [2.05, 4.69) is 32.0 Å². The summed E-state index contributed by atoms with van der Waals surface area (Å²) in [6, 6.07) is 6.39. The molecule has 0 aliphatic rings. The van der Waals surface area contributed by atoms with E-state index in [1.807, 2.05) is 0 Å². The van der Waals surface area contributed by atoms with Gasteiger partial charge in [-0.2, -0.15) is 0 Å². The van der Waals surface area contributed by atoms with Crippen molar-refractivity contribution in [1.82, 2.24) is 0 Å². The van der Waals surface area contributed by atoms with Crippen LogP contribution in [0.3, 0.4) is 0 Å². The fourth-order valence-electron chi connectivity index (χ4n) is 2.15. The van der Waals surface area contributed by atoms with Crippen molar-refractivity contribution in [2.24, 2.45) is 0 Å². The quantitative estimate of drug-likeness (QED) is 0.620. The van der Waals surface area contributed by atoms with Crippen LogP contribution in [0.1, 0.15) is 50.7 Å². The zero-order valence-corrected chi connectivity index (χ0v) is 10.9. The lowest BCUT2D eigenvalue weighted by Gasteiger charge is -2.12. The van der Waals surface area contributed by atoms with Gasteiger partial charge >= 0.3 is 0 Å². The molecule has 0 aliphatic heterocycles. The first-order valence-electron chi connectivity index (χ1n) is 6.48. The molecule has 0 N–H and O–H groups in total. The van der Waals surface area contributed by atoms with Crippen molar-refractivity contribution in [3.05, 3.63) is 29.3 Å². The van der Waals surface area contributed by atoms with Crippen LogP contribution in [0.5, 0.6) is 5.75 Å². The maximum Gasteiger partial charge on any atom is 0.122 e. The maximum absolute atomic E-state index is 5.44. The van der Waals surface area contributed by atoms with Gasteiger partial charge in [-0.05, 0) is 36.5 Å². The van der Waals surface area contributed by atoms with E-state index in [1.54, 1.807) is 7.11 Å². The molecule has 90 valence electrons.